The summed E-state index contributed by atoms with van der Waals surface area (Å²) in [6.07, 6.45) is 3.51. The zero-order valence-electron chi connectivity index (χ0n) is 16.1. The van der Waals surface area contributed by atoms with Crippen molar-refractivity contribution in [3.8, 4) is 10.6 Å². The molecule has 0 saturated carbocycles. The molecule has 1 aliphatic heterocycles. The number of rotatable bonds is 6. The lowest BCUT2D eigenvalue weighted by Crippen LogP contribution is -2.31. The van der Waals surface area contributed by atoms with E-state index < -0.39 is 0 Å². The molecule has 1 N–H and O–H groups in total. The van der Waals surface area contributed by atoms with Gasteiger partial charge in [0.2, 0.25) is 0 Å². The Morgan fingerprint density at radius 1 is 1.42 bits per heavy atom. The Labute approximate surface area is 160 Å². The molecule has 1 aromatic heterocycles. The number of benzene rings is 1. The van der Waals surface area contributed by atoms with Crippen LogP contribution in [0.3, 0.4) is 0 Å². The van der Waals surface area contributed by atoms with Crippen molar-refractivity contribution < 1.29 is 4.79 Å². The van der Waals surface area contributed by atoms with Crippen molar-refractivity contribution in [1.29, 1.82) is 0 Å². The van der Waals surface area contributed by atoms with Crippen LogP contribution in [0.1, 0.15) is 34.6 Å². The van der Waals surface area contributed by atoms with E-state index in [1.165, 1.54) is 30.7 Å². The number of hydrogen-bond donors (Lipinski definition) is 1. The maximum Gasteiger partial charge on any atom is 0.263 e. The molecule has 1 amide bonds. The van der Waals surface area contributed by atoms with Crippen molar-refractivity contribution in [3.05, 3.63) is 34.8 Å². The average molecular weight is 373 g/mol. The third kappa shape index (κ3) is 4.24. The average Bonchev–Trinajstić information content (AvgIpc) is 3.21. The number of carbonyl (C=O) groups is 1. The molecule has 1 fully saturated rings. The maximum absolute atomic E-state index is 12.6. The lowest BCUT2D eigenvalue weighted by molar-refractivity contribution is 0.0953. The number of hydrogen-bond acceptors (Lipinski definition) is 5. The standard InChI is InChI=1S/C20H28N4OS/c1-14-18(19(25)21-11-10-16-9-6-12-24(16)4)26-20(22-14)15-7-5-8-17(13-15)23(2)3/h5,7-8,13,16H,6,9-12H2,1-4H3,(H,21,25). The van der Waals surface area contributed by atoms with Gasteiger partial charge in [-0.25, -0.2) is 4.98 Å². The highest BCUT2D eigenvalue weighted by Gasteiger charge is 2.21. The van der Waals surface area contributed by atoms with Crippen LogP contribution in [0.2, 0.25) is 0 Å². The van der Waals surface area contributed by atoms with Crippen LogP contribution in [-0.2, 0) is 0 Å². The number of amides is 1. The predicted molar refractivity (Wildman–Crippen MR) is 109 cm³/mol. The SMILES string of the molecule is Cc1nc(-c2cccc(N(C)C)c2)sc1C(=O)NCCC1CCCN1C. The summed E-state index contributed by atoms with van der Waals surface area (Å²) in [7, 11) is 6.21. The second-order valence-electron chi connectivity index (χ2n) is 7.20. The van der Waals surface area contributed by atoms with Gasteiger partial charge in [0.25, 0.3) is 5.91 Å². The molecule has 0 spiro atoms. The summed E-state index contributed by atoms with van der Waals surface area (Å²) in [5, 5.41) is 3.97. The Morgan fingerprint density at radius 3 is 2.92 bits per heavy atom. The number of aromatic nitrogens is 1. The Hall–Kier alpha value is -1.92. The first kappa shape index (κ1) is 18.9. The van der Waals surface area contributed by atoms with E-state index in [1.54, 1.807) is 0 Å². The Bertz CT molecular complexity index is 771. The molecule has 1 aromatic carbocycles. The van der Waals surface area contributed by atoms with Gasteiger partial charge < -0.3 is 15.1 Å². The van der Waals surface area contributed by atoms with Crippen molar-refractivity contribution in [2.24, 2.45) is 0 Å². The minimum absolute atomic E-state index is 0.00401. The fourth-order valence-electron chi connectivity index (χ4n) is 3.42. The zero-order valence-corrected chi connectivity index (χ0v) is 16.9. The van der Waals surface area contributed by atoms with Gasteiger partial charge in [-0.15, -0.1) is 11.3 Å². The van der Waals surface area contributed by atoms with Gasteiger partial charge in [0, 0.05) is 37.9 Å². The molecule has 1 unspecified atom stereocenters. The molecule has 6 heteroatoms. The number of nitrogens with zero attached hydrogens (tertiary/aromatic N) is 3. The van der Waals surface area contributed by atoms with Gasteiger partial charge in [0.1, 0.15) is 9.88 Å². The fraction of sp³-hybridized carbons (Fsp3) is 0.500. The van der Waals surface area contributed by atoms with Gasteiger partial charge in [-0.3, -0.25) is 4.79 Å². The molecule has 26 heavy (non-hydrogen) atoms. The Balaban J connectivity index is 1.65. The normalized spacial score (nSPS) is 17.5. The van der Waals surface area contributed by atoms with Gasteiger partial charge >= 0.3 is 0 Å². The van der Waals surface area contributed by atoms with Crippen LogP contribution in [0.15, 0.2) is 24.3 Å². The van der Waals surface area contributed by atoms with E-state index in [-0.39, 0.29) is 5.91 Å². The van der Waals surface area contributed by atoms with Gasteiger partial charge in [-0.2, -0.15) is 0 Å². The molecule has 0 bridgehead atoms. The molecule has 140 valence electrons. The summed E-state index contributed by atoms with van der Waals surface area (Å²) >= 11 is 1.47. The minimum atomic E-state index is -0.00401. The smallest absolute Gasteiger partial charge is 0.263 e. The van der Waals surface area contributed by atoms with E-state index in [0.29, 0.717) is 6.04 Å². The Kier molecular flexibility index (Phi) is 5.94. The molecule has 3 rings (SSSR count). The predicted octanol–water partition coefficient (Wildman–Crippen LogP) is 3.40. The maximum atomic E-state index is 12.6. The molecule has 1 saturated heterocycles. The van der Waals surface area contributed by atoms with Crippen molar-refractivity contribution in [2.75, 3.05) is 39.1 Å². The van der Waals surface area contributed by atoms with E-state index in [0.717, 1.165) is 39.8 Å². The van der Waals surface area contributed by atoms with Crippen LogP contribution in [0, 0.1) is 6.92 Å². The number of nitrogens with one attached hydrogen (secondary N) is 1. The summed E-state index contributed by atoms with van der Waals surface area (Å²) in [6, 6.07) is 8.84. The quantitative estimate of drug-likeness (QED) is 0.844. The first-order valence-electron chi connectivity index (χ1n) is 9.19. The van der Waals surface area contributed by atoms with Crippen LogP contribution < -0.4 is 10.2 Å². The van der Waals surface area contributed by atoms with Crippen molar-refractivity contribution >= 4 is 22.9 Å². The third-order valence-electron chi connectivity index (χ3n) is 5.05. The van der Waals surface area contributed by atoms with E-state index in [2.05, 4.69) is 39.3 Å². The first-order valence-corrected chi connectivity index (χ1v) is 10.0. The van der Waals surface area contributed by atoms with E-state index in [1.807, 2.05) is 33.2 Å². The van der Waals surface area contributed by atoms with E-state index in [4.69, 9.17) is 0 Å². The highest BCUT2D eigenvalue weighted by Crippen LogP contribution is 2.30. The van der Waals surface area contributed by atoms with Crippen molar-refractivity contribution in [3.63, 3.8) is 0 Å². The minimum Gasteiger partial charge on any atom is -0.378 e. The van der Waals surface area contributed by atoms with Crippen molar-refractivity contribution in [1.82, 2.24) is 15.2 Å². The summed E-state index contributed by atoms with van der Waals surface area (Å²) < 4.78 is 0. The molecule has 1 atom stereocenters. The zero-order chi connectivity index (χ0) is 18.7. The highest BCUT2D eigenvalue weighted by atomic mass is 32.1. The van der Waals surface area contributed by atoms with E-state index >= 15 is 0 Å². The molecule has 1 aliphatic rings. The molecule has 0 radical (unpaired) electrons. The Morgan fingerprint density at radius 2 is 2.23 bits per heavy atom. The highest BCUT2D eigenvalue weighted by molar-refractivity contribution is 7.17. The summed E-state index contributed by atoms with van der Waals surface area (Å²) in [6.45, 7) is 3.80. The summed E-state index contributed by atoms with van der Waals surface area (Å²) in [5.41, 5.74) is 2.98. The lowest BCUT2D eigenvalue weighted by Gasteiger charge is -2.19. The number of thiazole rings is 1. The van der Waals surface area contributed by atoms with Crippen LogP contribution >= 0.6 is 11.3 Å². The largest absolute Gasteiger partial charge is 0.378 e. The van der Waals surface area contributed by atoms with Crippen molar-refractivity contribution in [2.45, 2.75) is 32.2 Å². The van der Waals surface area contributed by atoms with Gasteiger partial charge in [0.15, 0.2) is 0 Å². The monoisotopic (exact) mass is 372 g/mol. The van der Waals surface area contributed by atoms with Crippen LogP contribution in [-0.4, -0.2) is 56.1 Å². The fourth-order valence-corrected chi connectivity index (χ4v) is 4.40. The third-order valence-corrected chi connectivity index (χ3v) is 6.25. The van der Waals surface area contributed by atoms with Gasteiger partial charge in [0.05, 0.1) is 5.69 Å². The van der Waals surface area contributed by atoms with Gasteiger partial charge in [-0.1, -0.05) is 12.1 Å². The molecule has 2 aromatic rings. The van der Waals surface area contributed by atoms with Crippen LogP contribution in [0.4, 0.5) is 5.69 Å². The van der Waals surface area contributed by atoms with Crippen LogP contribution in [0.5, 0.6) is 0 Å². The number of aryl methyl sites for hydroxylation is 1. The summed E-state index contributed by atoms with van der Waals surface area (Å²) in [4.78, 5) is 22.4. The van der Waals surface area contributed by atoms with Crippen LogP contribution in [0.25, 0.3) is 10.6 Å². The molecule has 5 nitrogen and oxygen atoms in total. The topological polar surface area (TPSA) is 48.5 Å². The molecule has 2 heterocycles. The number of likely N-dealkylation sites (tertiary alicyclic amines) is 1. The molecular weight excluding hydrogens is 344 g/mol. The second-order valence-corrected chi connectivity index (χ2v) is 8.20. The van der Waals surface area contributed by atoms with Gasteiger partial charge in [-0.05, 0) is 51.9 Å². The molecule has 0 aliphatic carbocycles. The number of anilines is 1. The summed E-state index contributed by atoms with van der Waals surface area (Å²) in [5.74, 6) is -0.00401. The van der Waals surface area contributed by atoms with E-state index in [9.17, 15) is 4.79 Å². The lowest BCUT2D eigenvalue weighted by atomic mass is 10.1. The first-order chi connectivity index (χ1) is 12.5. The second kappa shape index (κ2) is 8.18. The molecular formula is C20H28N4OS. The number of carbonyl (C=O) groups excluding carboxylic acids is 1.